The molecule has 0 saturated carbocycles. The third kappa shape index (κ3) is 6.55. The molecule has 2 aliphatic heterocycles. The van der Waals surface area contributed by atoms with Crippen LogP contribution in [-0.2, 0) is 0 Å². The predicted octanol–water partition coefficient (Wildman–Crippen LogP) is 5.50. The van der Waals surface area contributed by atoms with Crippen molar-refractivity contribution < 1.29 is 34.1 Å². The summed E-state index contributed by atoms with van der Waals surface area (Å²) in [6, 6.07) is 15.5. The highest BCUT2D eigenvalue weighted by Crippen LogP contribution is 2.50. The first-order valence-electron chi connectivity index (χ1n) is 14.9. The second-order valence-corrected chi connectivity index (χ2v) is 13.9. The lowest BCUT2D eigenvalue weighted by molar-refractivity contribution is -0.385. The lowest BCUT2D eigenvalue weighted by atomic mass is 9.77. The van der Waals surface area contributed by atoms with Gasteiger partial charge in [-0.25, -0.2) is 0 Å². The number of hydrogen-bond acceptors (Lipinski definition) is 10. The van der Waals surface area contributed by atoms with Gasteiger partial charge in [-0.3, -0.25) is 19.7 Å². The summed E-state index contributed by atoms with van der Waals surface area (Å²) in [7, 11) is 0. The molecule has 4 aromatic rings. The van der Waals surface area contributed by atoms with E-state index in [9.17, 15) is 29.9 Å². The molecule has 0 radical (unpaired) electrons. The molecule has 4 unspecified atom stereocenters. The Hall–Kier alpha value is -4.66. The number of halogens is 1. The smallest absolute Gasteiger partial charge is 0.270 e. The number of nitro groups is 1. The Labute approximate surface area is 283 Å². The van der Waals surface area contributed by atoms with Crippen molar-refractivity contribution in [2.45, 2.75) is 76.2 Å². The van der Waals surface area contributed by atoms with E-state index in [2.05, 4.69) is 25.9 Å². The highest BCUT2D eigenvalue weighted by Gasteiger charge is 2.55. The number of pyridine rings is 2. The Kier molecular flexibility index (Phi) is 8.97. The molecule has 0 fully saturated rings. The lowest BCUT2D eigenvalue weighted by Gasteiger charge is -2.48. The maximum Gasteiger partial charge on any atom is 0.270 e. The molecule has 254 valence electrons. The zero-order valence-corrected chi connectivity index (χ0v) is 28.7. The van der Waals surface area contributed by atoms with E-state index in [1.807, 2.05) is 32.0 Å². The summed E-state index contributed by atoms with van der Waals surface area (Å²) in [6.45, 7) is 10.2. The van der Waals surface area contributed by atoms with Gasteiger partial charge in [0, 0.05) is 52.3 Å². The molecule has 4 heterocycles. The fourth-order valence-electron chi connectivity index (χ4n) is 5.38. The molecule has 6 rings (SSSR count). The molecule has 14 heteroatoms. The highest BCUT2D eigenvalue weighted by molar-refractivity contribution is 9.10. The van der Waals surface area contributed by atoms with Crippen molar-refractivity contribution in [1.82, 2.24) is 9.97 Å². The Morgan fingerprint density at radius 1 is 0.729 bits per heavy atom. The van der Waals surface area contributed by atoms with Crippen LogP contribution in [0.25, 0.3) is 0 Å². The zero-order chi connectivity index (χ0) is 35.2. The van der Waals surface area contributed by atoms with E-state index in [0.29, 0.717) is 22.8 Å². The van der Waals surface area contributed by atoms with E-state index in [1.54, 1.807) is 26.8 Å². The number of H-pyrrole nitrogens is 2. The number of rotatable bonds is 5. The number of nitrogens with one attached hydrogen (secondary N) is 2. The van der Waals surface area contributed by atoms with Gasteiger partial charge in [0.15, 0.2) is 12.2 Å². The number of fused-ring (bicyclic) bond motifs is 2. The van der Waals surface area contributed by atoms with Crippen LogP contribution in [0, 0.1) is 10.1 Å². The summed E-state index contributed by atoms with van der Waals surface area (Å²) in [5.74, 6) is 1.67. The average molecular weight is 727 g/mol. The van der Waals surface area contributed by atoms with Gasteiger partial charge < -0.3 is 39.1 Å². The van der Waals surface area contributed by atoms with Crippen LogP contribution >= 0.6 is 15.9 Å². The molecule has 0 aliphatic carbocycles. The zero-order valence-electron chi connectivity index (χ0n) is 27.1. The van der Waals surface area contributed by atoms with Crippen molar-refractivity contribution in [3.8, 4) is 23.0 Å². The Morgan fingerprint density at radius 3 is 1.60 bits per heavy atom. The minimum atomic E-state index is -1.52. The maximum absolute atomic E-state index is 11.5. The number of aromatic nitrogens is 2. The molecule has 0 spiro atoms. The van der Waals surface area contributed by atoms with Crippen molar-refractivity contribution in [3.05, 3.63) is 119 Å². The van der Waals surface area contributed by atoms with Crippen LogP contribution in [0.15, 0.2) is 87.1 Å². The second-order valence-electron chi connectivity index (χ2n) is 13.0. The summed E-state index contributed by atoms with van der Waals surface area (Å²) in [6.07, 6.45) is 1.29. The lowest BCUT2D eigenvalue weighted by Crippen LogP contribution is -2.59. The maximum atomic E-state index is 11.5. The van der Waals surface area contributed by atoms with Gasteiger partial charge in [-0.15, -0.1) is 0 Å². The first-order chi connectivity index (χ1) is 22.3. The molecule has 4 atom stereocenters. The number of hydrogen-bond donors (Lipinski definition) is 4. The third-order valence-electron chi connectivity index (χ3n) is 8.93. The SMILES string of the molecule is CC1(C)Oc2ccc(Br)cc2C(Oc2cc[nH]c(=O)c2)C1(C)O.CC1(C)Oc2ccc([N+](=O)[O-])cc2C(Oc2cc[nH]c(=O)c2)C1(C)O. The fraction of sp³-hybridized carbons (Fsp3) is 0.353. The number of ether oxygens (including phenoxy) is 4. The van der Waals surface area contributed by atoms with Crippen LogP contribution in [0.2, 0.25) is 0 Å². The van der Waals surface area contributed by atoms with Crippen molar-refractivity contribution >= 4 is 21.6 Å². The molecule has 0 saturated heterocycles. The van der Waals surface area contributed by atoms with Gasteiger partial charge in [-0.05, 0) is 77.9 Å². The summed E-state index contributed by atoms with van der Waals surface area (Å²) in [5, 5.41) is 33.2. The molecule has 0 amide bonds. The molecule has 2 aromatic heterocycles. The van der Waals surface area contributed by atoms with Gasteiger partial charge in [0.25, 0.3) is 16.8 Å². The Balaban J connectivity index is 0.000000188. The molecule has 48 heavy (non-hydrogen) atoms. The first-order valence-corrected chi connectivity index (χ1v) is 15.7. The largest absolute Gasteiger partial charge is 0.484 e. The van der Waals surface area contributed by atoms with E-state index in [1.165, 1.54) is 55.7 Å². The van der Waals surface area contributed by atoms with Gasteiger partial charge in [-0.2, -0.15) is 0 Å². The van der Waals surface area contributed by atoms with E-state index in [-0.39, 0.29) is 22.6 Å². The number of benzene rings is 2. The Bertz CT molecular complexity index is 1970. The number of aliphatic hydroxyl groups is 2. The molecular formula is C34H36BrN3O10. The minimum absolute atomic E-state index is 0.141. The van der Waals surface area contributed by atoms with Gasteiger partial charge in [0.2, 0.25) is 0 Å². The van der Waals surface area contributed by atoms with Crippen LogP contribution < -0.4 is 30.1 Å². The minimum Gasteiger partial charge on any atom is -0.484 e. The van der Waals surface area contributed by atoms with E-state index in [0.717, 1.165) is 10.0 Å². The summed E-state index contributed by atoms with van der Waals surface area (Å²) in [5.41, 5.74) is -4.39. The number of nitro benzene ring substituents is 1. The third-order valence-corrected chi connectivity index (χ3v) is 9.42. The number of nitrogens with zero attached hydrogens (tertiary/aromatic N) is 1. The second kappa shape index (κ2) is 12.4. The van der Waals surface area contributed by atoms with Gasteiger partial charge in [-0.1, -0.05) is 15.9 Å². The molecule has 13 nitrogen and oxygen atoms in total. The summed E-state index contributed by atoms with van der Waals surface area (Å²) >= 11 is 3.43. The quantitative estimate of drug-likeness (QED) is 0.151. The summed E-state index contributed by atoms with van der Waals surface area (Å²) < 4.78 is 24.5. The van der Waals surface area contributed by atoms with Crippen LogP contribution in [0.4, 0.5) is 5.69 Å². The van der Waals surface area contributed by atoms with Crippen molar-refractivity contribution in [2.24, 2.45) is 0 Å². The van der Waals surface area contributed by atoms with Crippen molar-refractivity contribution in [2.75, 3.05) is 0 Å². The average Bonchev–Trinajstić information content (AvgIpc) is 2.98. The normalized spacial score (nSPS) is 24.7. The van der Waals surface area contributed by atoms with Crippen LogP contribution in [0.1, 0.15) is 64.9 Å². The summed E-state index contributed by atoms with van der Waals surface area (Å²) in [4.78, 5) is 38.6. The fourth-order valence-corrected chi connectivity index (χ4v) is 5.76. The molecule has 2 aliphatic rings. The van der Waals surface area contributed by atoms with E-state index in [4.69, 9.17) is 18.9 Å². The highest BCUT2D eigenvalue weighted by atomic mass is 79.9. The van der Waals surface area contributed by atoms with Crippen LogP contribution in [0.3, 0.4) is 0 Å². The predicted molar refractivity (Wildman–Crippen MR) is 179 cm³/mol. The molecule has 2 aromatic carbocycles. The van der Waals surface area contributed by atoms with Crippen LogP contribution in [-0.4, -0.2) is 47.5 Å². The first kappa shape index (κ1) is 34.7. The molecule has 0 bridgehead atoms. The van der Waals surface area contributed by atoms with Gasteiger partial charge >= 0.3 is 0 Å². The Morgan fingerprint density at radius 2 is 1.17 bits per heavy atom. The number of non-ortho nitro benzene ring substituents is 1. The standard InChI is InChI=1S/C17H18BrNO4.C17H18N2O6/c1-16(2)17(3,21)15(22-11-6-7-19-14(20)9-11)12-8-10(18)4-5-13(12)23-16;1-16(2)17(3,21)15(24-11-6-7-18-14(20)9-11)12-8-10(19(22)23)4-5-13(12)25-16/h4-9,15,21H,1-3H3,(H,19,20);4-9,15,21H,1-3H3,(H,18,20). The molecular weight excluding hydrogens is 690 g/mol. The van der Waals surface area contributed by atoms with E-state index < -0.39 is 39.5 Å². The molecule has 4 N–H and O–H groups in total. The number of aromatic amines is 2. The van der Waals surface area contributed by atoms with E-state index >= 15 is 0 Å². The van der Waals surface area contributed by atoms with Crippen molar-refractivity contribution in [1.29, 1.82) is 0 Å². The monoisotopic (exact) mass is 725 g/mol. The van der Waals surface area contributed by atoms with Gasteiger partial charge in [0.1, 0.15) is 45.4 Å². The van der Waals surface area contributed by atoms with Gasteiger partial charge in [0.05, 0.1) is 4.92 Å². The van der Waals surface area contributed by atoms with Crippen LogP contribution in [0.5, 0.6) is 23.0 Å². The van der Waals surface area contributed by atoms with Crippen molar-refractivity contribution in [3.63, 3.8) is 0 Å². The topological polar surface area (TPSA) is 186 Å².